The number of aromatic hydroxyl groups is 1. The fourth-order valence-corrected chi connectivity index (χ4v) is 3.34. The molecule has 0 fully saturated rings. The number of phenolic OH excluding ortho intramolecular Hbond substituents is 1. The quantitative estimate of drug-likeness (QED) is 0.289. The fraction of sp³-hybridized carbons (Fsp3) is 0.222. The molecule has 2 N–H and O–H groups in total. The molecule has 0 aliphatic heterocycles. The third-order valence-electron chi connectivity index (χ3n) is 3.57. The predicted octanol–water partition coefficient (Wildman–Crippen LogP) is 3.77. The summed E-state index contributed by atoms with van der Waals surface area (Å²) in [6, 6.07) is 7.86. The Morgan fingerprint density at radius 3 is 2.82 bits per heavy atom. The molecule has 0 bridgehead atoms. The van der Waals surface area contributed by atoms with Gasteiger partial charge in [0.05, 0.1) is 24.7 Å². The molecule has 8 nitrogen and oxygen atoms in total. The molecule has 0 saturated heterocycles. The minimum atomic E-state index is -0.736. The molecule has 148 valence electrons. The van der Waals surface area contributed by atoms with Crippen LogP contribution in [0.4, 0.5) is 5.69 Å². The zero-order valence-corrected chi connectivity index (χ0v) is 16.7. The molecule has 0 atom stereocenters. The van der Waals surface area contributed by atoms with Crippen LogP contribution in [0, 0.1) is 10.1 Å². The predicted molar refractivity (Wildman–Crippen MR) is 109 cm³/mol. The number of nitro groups is 1. The first kappa shape index (κ1) is 21.5. The standard InChI is InChI=1S/C18H18ClN3O5S/c1-3-28-16-5-4-13(19)8-12(16)9-17(23)21-20-10-11-6-14(22(25)26)18(24)15(7-11)27-2/h4-8,10,24H,3,9H2,1-2H3,(H,21,23)/b20-10-. The van der Waals surface area contributed by atoms with Crippen molar-refractivity contribution in [2.24, 2.45) is 5.10 Å². The first-order valence-corrected chi connectivity index (χ1v) is 9.50. The van der Waals surface area contributed by atoms with E-state index in [1.807, 2.05) is 13.0 Å². The summed E-state index contributed by atoms with van der Waals surface area (Å²) in [6.45, 7) is 2.01. The van der Waals surface area contributed by atoms with Gasteiger partial charge in [0.2, 0.25) is 11.7 Å². The molecule has 2 rings (SSSR count). The molecule has 0 radical (unpaired) electrons. The number of carbonyl (C=O) groups is 1. The second-order valence-electron chi connectivity index (χ2n) is 5.50. The van der Waals surface area contributed by atoms with Crippen molar-refractivity contribution >= 4 is 41.2 Å². The summed E-state index contributed by atoms with van der Waals surface area (Å²) in [5.74, 6) is -0.148. The first-order chi connectivity index (χ1) is 13.3. The molecule has 0 saturated carbocycles. The number of hydrazone groups is 1. The SMILES string of the molecule is CCSc1ccc(Cl)cc1CC(=O)N/N=C\c1cc(OC)c(O)c([N+](=O)[O-])c1. The van der Waals surface area contributed by atoms with E-state index in [-0.39, 0.29) is 23.6 Å². The third kappa shape index (κ3) is 5.61. The van der Waals surface area contributed by atoms with Crippen molar-refractivity contribution in [3.05, 3.63) is 56.6 Å². The van der Waals surface area contributed by atoms with Gasteiger partial charge in [0.25, 0.3) is 0 Å². The van der Waals surface area contributed by atoms with E-state index in [1.165, 1.54) is 19.4 Å². The number of ether oxygens (including phenoxy) is 1. The number of methoxy groups -OCH3 is 1. The van der Waals surface area contributed by atoms with Crippen molar-refractivity contribution in [2.75, 3.05) is 12.9 Å². The minimum Gasteiger partial charge on any atom is -0.500 e. The number of thioether (sulfide) groups is 1. The van der Waals surface area contributed by atoms with Crippen LogP contribution in [0.15, 0.2) is 40.3 Å². The van der Waals surface area contributed by atoms with Crippen molar-refractivity contribution in [3.63, 3.8) is 0 Å². The van der Waals surface area contributed by atoms with Gasteiger partial charge in [-0.3, -0.25) is 14.9 Å². The van der Waals surface area contributed by atoms with Crippen LogP contribution in [0.25, 0.3) is 0 Å². The molecule has 0 unspecified atom stereocenters. The topological polar surface area (TPSA) is 114 Å². The Morgan fingerprint density at radius 1 is 1.43 bits per heavy atom. The van der Waals surface area contributed by atoms with Gasteiger partial charge in [-0.2, -0.15) is 5.10 Å². The lowest BCUT2D eigenvalue weighted by molar-refractivity contribution is -0.386. The van der Waals surface area contributed by atoms with Crippen LogP contribution < -0.4 is 10.2 Å². The van der Waals surface area contributed by atoms with E-state index in [0.717, 1.165) is 22.3 Å². The average molecular weight is 424 g/mol. The number of phenols is 1. The van der Waals surface area contributed by atoms with Gasteiger partial charge in [-0.1, -0.05) is 18.5 Å². The van der Waals surface area contributed by atoms with Crippen LogP contribution in [0.3, 0.4) is 0 Å². The number of hydrogen-bond donors (Lipinski definition) is 2. The lowest BCUT2D eigenvalue weighted by Crippen LogP contribution is -2.20. The van der Waals surface area contributed by atoms with Crippen molar-refractivity contribution in [3.8, 4) is 11.5 Å². The highest BCUT2D eigenvalue weighted by molar-refractivity contribution is 7.99. The van der Waals surface area contributed by atoms with Crippen molar-refractivity contribution < 1.29 is 19.6 Å². The Kier molecular flexibility index (Phi) is 7.65. The van der Waals surface area contributed by atoms with E-state index in [9.17, 15) is 20.0 Å². The highest BCUT2D eigenvalue weighted by Crippen LogP contribution is 2.36. The van der Waals surface area contributed by atoms with Gasteiger partial charge < -0.3 is 9.84 Å². The van der Waals surface area contributed by atoms with E-state index in [4.69, 9.17) is 16.3 Å². The molecule has 0 aliphatic rings. The Hall–Kier alpha value is -2.78. The Balaban J connectivity index is 2.11. The Bertz CT molecular complexity index is 920. The number of nitrogens with one attached hydrogen (secondary N) is 1. The summed E-state index contributed by atoms with van der Waals surface area (Å²) >= 11 is 7.61. The number of halogens is 1. The lowest BCUT2D eigenvalue weighted by atomic mass is 10.1. The number of rotatable bonds is 8. The van der Waals surface area contributed by atoms with Crippen LogP contribution in [0.5, 0.6) is 11.5 Å². The summed E-state index contributed by atoms with van der Waals surface area (Å²) in [7, 11) is 1.28. The van der Waals surface area contributed by atoms with Gasteiger partial charge in [0.1, 0.15) is 0 Å². The van der Waals surface area contributed by atoms with Crippen LogP contribution in [-0.4, -0.2) is 35.0 Å². The number of nitrogens with zero attached hydrogens (tertiary/aromatic N) is 2. The molecular formula is C18H18ClN3O5S. The molecule has 0 aromatic heterocycles. The molecule has 0 aliphatic carbocycles. The second kappa shape index (κ2) is 9.95. The van der Waals surface area contributed by atoms with Gasteiger partial charge in [-0.05, 0) is 35.6 Å². The molecule has 28 heavy (non-hydrogen) atoms. The molecule has 10 heteroatoms. The normalized spacial score (nSPS) is 10.8. The maximum Gasteiger partial charge on any atom is 0.315 e. The number of hydrogen-bond acceptors (Lipinski definition) is 7. The number of amides is 1. The van der Waals surface area contributed by atoms with Crippen molar-refractivity contribution in [1.82, 2.24) is 5.43 Å². The van der Waals surface area contributed by atoms with Crippen LogP contribution >= 0.6 is 23.4 Å². The molecule has 0 heterocycles. The van der Waals surface area contributed by atoms with Gasteiger partial charge in [-0.15, -0.1) is 11.8 Å². The number of benzene rings is 2. The zero-order valence-electron chi connectivity index (χ0n) is 15.1. The Morgan fingerprint density at radius 2 is 2.18 bits per heavy atom. The lowest BCUT2D eigenvalue weighted by Gasteiger charge is -2.08. The average Bonchev–Trinajstić information content (AvgIpc) is 2.65. The summed E-state index contributed by atoms with van der Waals surface area (Å²) in [5.41, 5.74) is 2.92. The van der Waals surface area contributed by atoms with Crippen LogP contribution in [-0.2, 0) is 11.2 Å². The van der Waals surface area contributed by atoms with Crippen molar-refractivity contribution in [2.45, 2.75) is 18.2 Å². The summed E-state index contributed by atoms with van der Waals surface area (Å²) < 4.78 is 4.91. The summed E-state index contributed by atoms with van der Waals surface area (Å²) in [4.78, 5) is 23.4. The first-order valence-electron chi connectivity index (χ1n) is 8.14. The van der Waals surface area contributed by atoms with Gasteiger partial charge in [0, 0.05) is 21.5 Å². The summed E-state index contributed by atoms with van der Waals surface area (Å²) in [5, 5.41) is 25.1. The number of nitro benzene ring substituents is 1. The summed E-state index contributed by atoms with van der Waals surface area (Å²) in [6.07, 6.45) is 1.31. The van der Waals surface area contributed by atoms with Crippen LogP contribution in [0.2, 0.25) is 5.02 Å². The zero-order chi connectivity index (χ0) is 20.7. The largest absolute Gasteiger partial charge is 0.500 e. The van der Waals surface area contributed by atoms with Gasteiger partial charge >= 0.3 is 5.69 Å². The Labute approximate surface area is 170 Å². The molecule has 0 spiro atoms. The van der Waals surface area contributed by atoms with E-state index >= 15 is 0 Å². The maximum absolute atomic E-state index is 12.2. The van der Waals surface area contributed by atoms with E-state index in [2.05, 4.69) is 10.5 Å². The maximum atomic E-state index is 12.2. The molecule has 2 aromatic rings. The third-order valence-corrected chi connectivity index (χ3v) is 4.80. The monoisotopic (exact) mass is 423 g/mol. The van der Waals surface area contributed by atoms with Gasteiger partial charge in [-0.25, -0.2) is 5.43 Å². The smallest absolute Gasteiger partial charge is 0.315 e. The number of carbonyl (C=O) groups excluding carboxylic acids is 1. The second-order valence-corrected chi connectivity index (χ2v) is 7.25. The fourth-order valence-electron chi connectivity index (χ4n) is 2.36. The molecule has 2 aromatic carbocycles. The minimum absolute atomic E-state index is 0.0675. The van der Waals surface area contributed by atoms with E-state index in [0.29, 0.717) is 5.02 Å². The van der Waals surface area contributed by atoms with Crippen molar-refractivity contribution in [1.29, 1.82) is 0 Å². The van der Waals surface area contributed by atoms with E-state index < -0.39 is 16.4 Å². The molecule has 1 amide bonds. The highest BCUT2D eigenvalue weighted by Gasteiger charge is 2.19. The highest BCUT2D eigenvalue weighted by atomic mass is 35.5. The van der Waals surface area contributed by atoms with Gasteiger partial charge in [0.15, 0.2) is 5.75 Å². The van der Waals surface area contributed by atoms with Crippen LogP contribution in [0.1, 0.15) is 18.1 Å². The molecular weight excluding hydrogens is 406 g/mol. The van der Waals surface area contributed by atoms with E-state index in [1.54, 1.807) is 23.9 Å².